The third-order valence-corrected chi connectivity index (χ3v) is 5.62. The number of alkyl halides is 3. The summed E-state index contributed by atoms with van der Waals surface area (Å²) in [6.07, 6.45) is -4.06. The second-order valence-electron chi connectivity index (χ2n) is 5.38. The van der Waals surface area contributed by atoms with Crippen LogP contribution in [-0.2, 0) is 22.2 Å². The molecule has 1 unspecified atom stereocenters. The van der Waals surface area contributed by atoms with Crippen LogP contribution in [0.15, 0.2) is 24.3 Å². The molecular weight excluding hydrogens is 375 g/mol. The van der Waals surface area contributed by atoms with E-state index in [1.165, 1.54) is 27.7 Å². The molecule has 4 nitrogen and oxygen atoms in total. The van der Waals surface area contributed by atoms with Gasteiger partial charge in [-0.3, -0.25) is 9.59 Å². The minimum Gasteiger partial charge on any atom is -0.481 e. The molecule has 0 radical (unpaired) electrons. The molecule has 0 bridgehead atoms. The molecule has 0 spiro atoms. The summed E-state index contributed by atoms with van der Waals surface area (Å²) in [6.45, 7) is 2.10. The molecule has 0 aromatic heterocycles. The summed E-state index contributed by atoms with van der Waals surface area (Å²) in [5, 5.41) is 11.2. The first-order chi connectivity index (χ1) is 11.7. The zero-order chi connectivity index (χ0) is 18.9. The van der Waals surface area contributed by atoms with Gasteiger partial charge in [-0.15, -0.1) is 0 Å². The van der Waals surface area contributed by atoms with Crippen LogP contribution in [0.1, 0.15) is 24.5 Å². The van der Waals surface area contributed by atoms with Crippen molar-refractivity contribution in [1.82, 2.24) is 5.32 Å². The molecule has 1 amide bonds. The minimum atomic E-state index is -4.39. The monoisotopic (exact) mass is 395 g/mol. The lowest BCUT2D eigenvalue weighted by atomic mass is 9.98. The maximum atomic E-state index is 12.7. The van der Waals surface area contributed by atoms with E-state index in [9.17, 15) is 22.8 Å². The van der Waals surface area contributed by atoms with Crippen molar-refractivity contribution in [3.63, 3.8) is 0 Å². The first kappa shape index (κ1) is 21.7. The number of carbonyl (C=O) groups is 2. The van der Waals surface area contributed by atoms with Crippen molar-refractivity contribution in [2.45, 2.75) is 25.9 Å². The Labute approximate surface area is 152 Å². The number of halogens is 3. The van der Waals surface area contributed by atoms with Crippen LogP contribution in [0, 0.1) is 5.92 Å². The van der Waals surface area contributed by atoms with Crippen molar-refractivity contribution < 1.29 is 27.9 Å². The summed E-state index contributed by atoms with van der Waals surface area (Å²) in [4.78, 5) is 22.3. The zero-order valence-corrected chi connectivity index (χ0v) is 15.3. The van der Waals surface area contributed by atoms with Crippen molar-refractivity contribution in [2.75, 3.05) is 18.1 Å². The van der Waals surface area contributed by atoms with E-state index < -0.39 is 23.6 Å². The molecule has 0 saturated heterocycles. The second kappa shape index (κ2) is 10.6. The molecule has 1 aromatic carbocycles. The number of hydrogen-bond acceptors (Lipinski definition) is 4. The highest BCUT2D eigenvalue weighted by molar-refractivity contribution is 8.76. The van der Waals surface area contributed by atoms with Gasteiger partial charge in [-0.05, 0) is 18.1 Å². The van der Waals surface area contributed by atoms with E-state index in [0.717, 1.165) is 12.1 Å². The van der Waals surface area contributed by atoms with Gasteiger partial charge in [-0.2, -0.15) is 13.2 Å². The standard InChI is InChI=1S/C16H20F3NO3S2/c1-11(9-12-3-2-4-13(10-12)16(17,18)19)15(23)20-6-8-25-24-7-5-14(21)22/h2-4,10-11H,5-9H2,1H3,(H,20,23)(H,21,22). The van der Waals surface area contributed by atoms with Crippen LogP contribution in [0.25, 0.3) is 0 Å². The molecule has 25 heavy (non-hydrogen) atoms. The normalized spacial score (nSPS) is 12.6. The molecule has 0 fully saturated rings. The maximum Gasteiger partial charge on any atom is 0.416 e. The molecule has 0 aliphatic heterocycles. The third kappa shape index (κ3) is 9.06. The molecule has 0 aliphatic carbocycles. The Morgan fingerprint density at radius 2 is 1.92 bits per heavy atom. The number of carbonyl (C=O) groups excluding carboxylic acids is 1. The number of aliphatic carboxylic acids is 1. The van der Waals surface area contributed by atoms with Gasteiger partial charge in [-0.1, -0.05) is 46.7 Å². The van der Waals surface area contributed by atoms with Crippen LogP contribution < -0.4 is 5.32 Å². The molecule has 1 rings (SSSR count). The first-order valence-electron chi connectivity index (χ1n) is 7.60. The average molecular weight is 395 g/mol. The fourth-order valence-electron chi connectivity index (χ4n) is 1.96. The van der Waals surface area contributed by atoms with E-state index >= 15 is 0 Å². The second-order valence-corrected chi connectivity index (χ2v) is 8.08. The molecule has 1 atom stereocenters. The molecule has 0 saturated carbocycles. The summed E-state index contributed by atoms with van der Waals surface area (Å²) in [5.41, 5.74) is -0.247. The average Bonchev–Trinajstić information content (AvgIpc) is 2.52. The topological polar surface area (TPSA) is 66.4 Å². The lowest BCUT2D eigenvalue weighted by Gasteiger charge is -2.13. The fourth-order valence-corrected chi connectivity index (χ4v) is 3.84. The Hall–Kier alpha value is -1.35. The highest BCUT2D eigenvalue weighted by Crippen LogP contribution is 2.30. The van der Waals surface area contributed by atoms with Gasteiger partial charge in [0.1, 0.15) is 0 Å². The minimum absolute atomic E-state index is 0.0953. The van der Waals surface area contributed by atoms with Crippen molar-refractivity contribution in [2.24, 2.45) is 5.92 Å². The highest BCUT2D eigenvalue weighted by atomic mass is 33.1. The maximum absolute atomic E-state index is 12.7. The summed E-state index contributed by atoms with van der Waals surface area (Å²) < 4.78 is 38.1. The van der Waals surface area contributed by atoms with Gasteiger partial charge < -0.3 is 10.4 Å². The molecule has 140 valence electrons. The molecule has 0 aliphatic rings. The quantitative estimate of drug-likeness (QED) is 0.465. The Morgan fingerprint density at radius 3 is 2.56 bits per heavy atom. The smallest absolute Gasteiger partial charge is 0.416 e. The van der Waals surface area contributed by atoms with Crippen LogP contribution >= 0.6 is 21.6 Å². The van der Waals surface area contributed by atoms with Gasteiger partial charge in [0.25, 0.3) is 0 Å². The van der Waals surface area contributed by atoms with E-state index in [1.807, 2.05) is 0 Å². The predicted octanol–water partition coefficient (Wildman–Crippen LogP) is 3.86. The van der Waals surface area contributed by atoms with Crippen LogP contribution in [0.4, 0.5) is 13.2 Å². The Bertz CT molecular complexity index is 582. The van der Waals surface area contributed by atoms with E-state index in [-0.39, 0.29) is 18.7 Å². The van der Waals surface area contributed by atoms with Crippen molar-refractivity contribution in [3.8, 4) is 0 Å². The Morgan fingerprint density at radius 1 is 1.24 bits per heavy atom. The van der Waals surface area contributed by atoms with E-state index in [1.54, 1.807) is 13.0 Å². The number of hydrogen-bond donors (Lipinski definition) is 2. The molecular formula is C16H20F3NO3S2. The zero-order valence-electron chi connectivity index (χ0n) is 13.6. The largest absolute Gasteiger partial charge is 0.481 e. The van der Waals surface area contributed by atoms with Gasteiger partial charge in [-0.25, -0.2) is 0 Å². The molecule has 2 N–H and O–H groups in total. The summed E-state index contributed by atoms with van der Waals surface area (Å²) >= 11 is 0. The number of nitrogens with one attached hydrogen (secondary N) is 1. The number of rotatable bonds is 10. The SMILES string of the molecule is CC(Cc1cccc(C(F)(F)F)c1)C(=O)NCCSSCCC(=O)O. The van der Waals surface area contributed by atoms with E-state index in [2.05, 4.69) is 5.32 Å². The van der Waals surface area contributed by atoms with Gasteiger partial charge >= 0.3 is 12.1 Å². The third-order valence-electron chi connectivity index (χ3n) is 3.21. The van der Waals surface area contributed by atoms with Crippen molar-refractivity contribution in [1.29, 1.82) is 0 Å². The summed E-state index contributed by atoms with van der Waals surface area (Å²) in [6, 6.07) is 4.99. The van der Waals surface area contributed by atoms with Crippen molar-refractivity contribution in [3.05, 3.63) is 35.4 Å². The van der Waals surface area contributed by atoms with Gasteiger partial charge in [0.2, 0.25) is 5.91 Å². The molecule has 1 aromatic rings. The Kier molecular flexibility index (Phi) is 9.20. The van der Waals surface area contributed by atoms with Gasteiger partial charge in [0, 0.05) is 24.0 Å². The first-order valence-corrected chi connectivity index (χ1v) is 10.1. The summed E-state index contributed by atoms with van der Waals surface area (Å²) in [5.74, 6) is -0.363. The van der Waals surface area contributed by atoms with E-state index in [4.69, 9.17) is 5.11 Å². The predicted molar refractivity (Wildman–Crippen MR) is 94.5 cm³/mol. The van der Waals surface area contributed by atoms with Crippen molar-refractivity contribution >= 4 is 33.5 Å². The summed E-state index contributed by atoms with van der Waals surface area (Å²) in [7, 11) is 2.90. The van der Waals surface area contributed by atoms with Crippen LogP contribution in [0.2, 0.25) is 0 Å². The number of benzene rings is 1. The van der Waals surface area contributed by atoms with Gasteiger partial charge in [0.15, 0.2) is 0 Å². The number of amides is 1. The number of carboxylic acids is 1. The number of carboxylic acid groups (broad SMARTS) is 1. The highest BCUT2D eigenvalue weighted by Gasteiger charge is 2.30. The Balaban J connectivity index is 2.31. The van der Waals surface area contributed by atoms with Crippen LogP contribution in [-0.4, -0.2) is 35.0 Å². The van der Waals surface area contributed by atoms with Gasteiger partial charge in [0.05, 0.1) is 12.0 Å². The van der Waals surface area contributed by atoms with Crippen LogP contribution in [0.5, 0.6) is 0 Å². The lowest BCUT2D eigenvalue weighted by molar-refractivity contribution is -0.138. The van der Waals surface area contributed by atoms with E-state index in [0.29, 0.717) is 23.6 Å². The van der Waals surface area contributed by atoms with Crippen LogP contribution in [0.3, 0.4) is 0 Å². The lowest BCUT2D eigenvalue weighted by Crippen LogP contribution is -2.31. The molecule has 9 heteroatoms. The fraction of sp³-hybridized carbons (Fsp3) is 0.500. The molecule has 0 heterocycles.